The van der Waals surface area contributed by atoms with E-state index < -0.39 is 27.7 Å². The molecule has 0 aliphatic carbocycles. The number of alkyl halides is 3. The summed E-state index contributed by atoms with van der Waals surface area (Å²) in [4.78, 5) is 12.8. The molecule has 0 spiro atoms. The molecule has 172 valence electrons. The summed E-state index contributed by atoms with van der Waals surface area (Å²) < 4.78 is 65.4. The van der Waals surface area contributed by atoms with Crippen LogP contribution in [0.15, 0.2) is 84.0 Å². The molecule has 3 aromatic carbocycles. The van der Waals surface area contributed by atoms with E-state index in [2.05, 4.69) is 10.5 Å². The van der Waals surface area contributed by atoms with Gasteiger partial charge in [-0.3, -0.25) is 9.10 Å². The monoisotopic (exact) mass is 475 g/mol. The number of sulfonamides is 1. The lowest BCUT2D eigenvalue weighted by molar-refractivity contribution is -0.137. The number of rotatable bonds is 7. The van der Waals surface area contributed by atoms with Crippen molar-refractivity contribution in [2.24, 2.45) is 5.10 Å². The molecule has 3 aromatic rings. The Kier molecular flexibility index (Phi) is 7.17. The Balaban J connectivity index is 1.88. The quantitative estimate of drug-likeness (QED) is 0.406. The van der Waals surface area contributed by atoms with E-state index in [4.69, 9.17) is 0 Å². The molecule has 0 aromatic heterocycles. The Bertz CT molecular complexity index is 1260. The minimum atomic E-state index is -4.58. The van der Waals surface area contributed by atoms with Crippen LogP contribution in [0.4, 0.5) is 18.9 Å². The maximum absolute atomic E-state index is 13.1. The van der Waals surface area contributed by atoms with Gasteiger partial charge in [0.25, 0.3) is 5.91 Å². The van der Waals surface area contributed by atoms with Crippen molar-refractivity contribution in [2.75, 3.05) is 10.6 Å². The fourth-order valence-electron chi connectivity index (χ4n) is 3.10. The van der Waals surface area contributed by atoms with Crippen molar-refractivity contribution >= 4 is 27.8 Å². The first-order valence-electron chi connectivity index (χ1n) is 9.67. The summed E-state index contributed by atoms with van der Waals surface area (Å²) in [5, 5.41) is 3.65. The van der Waals surface area contributed by atoms with Gasteiger partial charge >= 0.3 is 6.18 Å². The van der Waals surface area contributed by atoms with Gasteiger partial charge < -0.3 is 0 Å². The van der Waals surface area contributed by atoms with E-state index in [9.17, 15) is 26.4 Å². The highest BCUT2D eigenvalue weighted by molar-refractivity contribution is 7.92. The van der Waals surface area contributed by atoms with Crippen molar-refractivity contribution in [2.45, 2.75) is 12.7 Å². The smallest absolute Gasteiger partial charge is 0.267 e. The van der Waals surface area contributed by atoms with E-state index >= 15 is 0 Å². The molecular weight excluding hydrogens is 455 g/mol. The van der Waals surface area contributed by atoms with Gasteiger partial charge in [-0.05, 0) is 23.8 Å². The number of nitrogens with zero attached hydrogens (tertiary/aromatic N) is 2. The maximum atomic E-state index is 13.1. The number of carbonyl (C=O) groups excluding carboxylic acids is 1. The molecule has 0 heterocycles. The molecule has 3 rings (SSSR count). The fourth-order valence-corrected chi connectivity index (χ4v) is 4.00. The van der Waals surface area contributed by atoms with Gasteiger partial charge in [-0.1, -0.05) is 60.7 Å². The summed E-state index contributed by atoms with van der Waals surface area (Å²) >= 11 is 0. The second-order valence-corrected chi connectivity index (χ2v) is 8.96. The minimum Gasteiger partial charge on any atom is -0.267 e. The molecule has 6 nitrogen and oxygen atoms in total. The predicted octanol–water partition coefficient (Wildman–Crippen LogP) is 4.44. The standard InChI is InChI=1S/C23H20F3N3O3S/c1-33(31,32)29(16-17-9-3-2-4-10-17)21-14-8-6-12-19(21)22(30)28-27-15-18-11-5-7-13-20(18)23(24,25)26/h2-15H,16H2,1H3,(H,28,30)/b27-15+. The summed E-state index contributed by atoms with van der Waals surface area (Å²) in [7, 11) is -3.77. The average molecular weight is 475 g/mol. The van der Waals surface area contributed by atoms with Crippen LogP contribution in [-0.2, 0) is 22.7 Å². The molecule has 33 heavy (non-hydrogen) atoms. The summed E-state index contributed by atoms with van der Waals surface area (Å²) in [6.07, 6.45) is -2.66. The van der Waals surface area contributed by atoms with Crippen LogP contribution in [0.5, 0.6) is 0 Å². The van der Waals surface area contributed by atoms with Gasteiger partial charge in [0.05, 0.1) is 35.8 Å². The highest BCUT2D eigenvalue weighted by atomic mass is 32.2. The van der Waals surface area contributed by atoms with Crippen LogP contribution in [-0.4, -0.2) is 26.8 Å². The number of para-hydroxylation sites is 1. The van der Waals surface area contributed by atoms with E-state index in [-0.39, 0.29) is 23.4 Å². The number of carbonyl (C=O) groups is 1. The molecule has 0 atom stereocenters. The Hall–Kier alpha value is -3.66. The molecule has 1 amide bonds. The Morgan fingerprint density at radius 3 is 2.24 bits per heavy atom. The number of hydrogen-bond acceptors (Lipinski definition) is 4. The van der Waals surface area contributed by atoms with E-state index in [1.54, 1.807) is 42.5 Å². The largest absolute Gasteiger partial charge is 0.417 e. The SMILES string of the molecule is CS(=O)(=O)N(Cc1ccccc1)c1ccccc1C(=O)N/N=C/c1ccccc1C(F)(F)F. The zero-order valence-electron chi connectivity index (χ0n) is 17.5. The lowest BCUT2D eigenvalue weighted by Gasteiger charge is -2.24. The number of benzene rings is 3. The van der Waals surface area contributed by atoms with Gasteiger partial charge in [-0.25, -0.2) is 13.8 Å². The lowest BCUT2D eigenvalue weighted by Crippen LogP contribution is -2.32. The highest BCUT2D eigenvalue weighted by Crippen LogP contribution is 2.31. The Labute approximate surface area is 189 Å². The molecule has 0 saturated heterocycles. The third-order valence-electron chi connectivity index (χ3n) is 4.62. The van der Waals surface area contributed by atoms with Crippen LogP contribution >= 0.6 is 0 Å². The third kappa shape index (κ3) is 6.19. The van der Waals surface area contributed by atoms with Crippen molar-refractivity contribution in [3.05, 3.63) is 101 Å². The number of anilines is 1. The summed E-state index contributed by atoms with van der Waals surface area (Å²) in [5.74, 6) is -0.770. The summed E-state index contributed by atoms with van der Waals surface area (Å²) in [6, 6.07) is 19.6. The normalized spacial score (nSPS) is 12.0. The van der Waals surface area contributed by atoms with Gasteiger partial charge in [0.1, 0.15) is 0 Å². The molecule has 0 radical (unpaired) electrons. The minimum absolute atomic E-state index is 0.000104. The van der Waals surface area contributed by atoms with Crippen LogP contribution in [0.25, 0.3) is 0 Å². The number of amides is 1. The Morgan fingerprint density at radius 2 is 1.58 bits per heavy atom. The van der Waals surface area contributed by atoms with Gasteiger partial charge in [-0.15, -0.1) is 0 Å². The molecule has 0 unspecified atom stereocenters. The second-order valence-electron chi connectivity index (χ2n) is 7.06. The lowest BCUT2D eigenvalue weighted by atomic mass is 10.1. The van der Waals surface area contributed by atoms with Crippen molar-refractivity contribution < 1.29 is 26.4 Å². The predicted molar refractivity (Wildman–Crippen MR) is 120 cm³/mol. The molecular formula is C23H20F3N3O3S. The number of hydrazone groups is 1. The second kappa shape index (κ2) is 9.86. The van der Waals surface area contributed by atoms with Crippen molar-refractivity contribution in [1.29, 1.82) is 0 Å². The van der Waals surface area contributed by atoms with Crippen molar-refractivity contribution in [1.82, 2.24) is 5.43 Å². The first-order valence-corrected chi connectivity index (χ1v) is 11.5. The number of halogens is 3. The van der Waals surface area contributed by atoms with Crippen LogP contribution in [0.3, 0.4) is 0 Å². The van der Waals surface area contributed by atoms with E-state index in [1.165, 1.54) is 30.3 Å². The van der Waals surface area contributed by atoms with Crippen LogP contribution < -0.4 is 9.73 Å². The molecule has 0 aliphatic rings. The first-order chi connectivity index (χ1) is 15.6. The van der Waals surface area contributed by atoms with Gasteiger partial charge in [-0.2, -0.15) is 18.3 Å². The highest BCUT2D eigenvalue weighted by Gasteiger charge is 2.32. The van der Waals surface area contributed by atoms with E-state index in [1.807, 2.05) is 0 Å². The van der Waals surface area contributed by atoms with Gasteiger partial charge in [0.2, 0.25) is 10.0 Å². The molecule has 0 aliphatic heterocycles. The maximum Gasteiger partial charge on any atom is 0.417 e. The van der Waals surface area contributed by atoms with Gasteiger partial charge in [0, 0.05) is 5.56 Å². The zero-order valence-corrected chi connectivity index (χ0v) is 18.3. The van der Waals surface area contributed by atoms with Crippen LogP contribution in [0, 0.1) is 0 Å². The number of nitrogens with one attached hydrogen (secondary N) is 1. The first kappa shape index (κ1) is 24.0. The average Bonchev–Trinajstić information content (AvgIpc) is 2.77. The fraction of sp³-hybridized carbons (Fsp3) is 0.130. The molecule has 0 saturated carbocycles. The third-order valence-corrected chi connectivity index (χ3v) is 5.75. The van der Waals surface area contributed by atoms with Crippen molar-refractivity contribution in [3.63, 3.8) is 0 Å². The van der Waals surface area contributed by atoms with Gasteiger partial charge in [0.15, 0.2) is 0 Å². The number of hydrogen-bond donors (Lipinski definition) is 1. The molecule has 0 bridgehead atoms. The van der Waals surface area contributed by atoms with Crippen LogP contribution in [0.1, 0.15) is 27.0 Å². The molecule has 0 fully saturated rings. The summed E-state index contributed by atoms with van der Waals surface area (Å²) in [6.45, 7) is -0.00775. The molecule has 1 N–H and O–H groups in total. The zero-order chi connectivity index (χ0) is 24.1. The van der Waals surface area contributed by atoms with Crippen molar-refractivity contribution in [3.8, 4) is 0 Å². The topological polar surface area (TPSA) is 78.8 Å². The Morgan fingerprint density at radius 1 is 0.970 bits per heavy atom. The molecule has 10 heteroatoms. The van der Waals surface area contributed by atoms with E-state index in [0.717, 1.165) is 22.8 Å². The summed E-state index contributed by atoms with van der Waals surface area (Å²) in [5.41, 5.74) is 1.89. The van der Waals surface area contributed by atoms with E-state index in [0.29, 0.717) is 5.56 Å². The van der Waals surface area contributed by atoms with Crippen LogP contribution in [0.2, 0.25) is 0 Å².